The van der Waals surface area contributed by atoms with Crippen LogP contribution in [0.25, 0.3) is 0 Å². The lowest BCUT2D eigenvalue weighted by atomic mass is 9.97. The molecule has 2 atom stereocenters. The largest absolute Gasteiger partial charge is 0.339 e. The van der Waals surface area contributed by atoms with Crippen molar-refractivity contribution in [1.29, 1.82) is 0 Å². The fraction of sp³-hybridized carbons (Fsp3) is 0.400. The quantitative estimate of drug-likeness (QED) is 0.942. The molecule has 2 aliphatic heterocycles. The number of benzene rings is 2. The second-order valence-corrected chi connectivity index (χ2v) is 6.37. The van der Waals surface area contributed by atoms with E-state index in [1.54, 1.807) is 0 Å². The van der Waals surface area contributed by atoms with E-state index in [1.165, 1.54) is 12.8 Å². The van der Waals surface area contributed by atoms with E-state index in [0.29, 0.717) is 12.6 Å². The molecular weight excluding hydrogens is 286 g/mol. The zero-order valence-electron chi connectivity index (χ0n) is 13.3. The summed E-state index contributed by atoms with van der Waals surface area (Å²) < 4.78 is 12.9. The molecule has 23 heavy (non-hydrogen) atoms. The lowest BCUT2D eigenvalue weighted by Crippen LogP contribution is -2.45. The smallest absolute Gasteiger partial charge is 0.222 e. The van der Waals surface area contributed by atoms with Crippen LogP contribution in [0.5, 0.6) is 0 Å². The highest BCUT2D eigenvalue weighted by atomic mass is 16.7. The van der Waals surface area contributed by atoms with Gasteiger partial charge in [-0.2, -0.15) is 0 Å². The third-order valence-corrected chi connectivity index (χ3v) is 4.87. The molecule has 2 heterocycles. The van der Waals surface area contributed by atoms with E-state index in [1.807, 2.05) is 36.4 Å². The number of nitrogens with one attached hydrogen (secondary N) is 1. The Morgan fingerprint density at radius 2 is 1.52 bits per heavy atom. The maximum atomic E-state index is 6.58. The second-order valence-electron chi connectivity index (χ2n) is 6.37. The van der Waals surface area contributed by atoms with Crippen LogP contribution >= 0.6 is 0 Å². The van der Waals surface area contributed by atoms with Crippen LogP contribution in [0.1, 0.15) is 30.4 Å². The molecule has 0 aromatic heterocycles. The van der Waals surface area contributed by atoms with E-state index in [2.05, 4.69) is 29.6 Å². The highest BCUT2D eigenvalue weighted by Crippen LogP contribution is 2.41. The zero-order valence-corrected chi connectivity index (χ0v) is 13.3. The molecule has 2 saturated heterocycles. The van der Waals surface area contributed by atoms with Crippen LogP contribution in [-0.4, -0.2) is 25.3 Å². The molecule has 120 valence electrons. The van der Waals surface area contributed by atoms with Gasteiger partial charge in [-0.15, -0.1) is 0 Å². The first-order chi connectivity index (χ1) is 11.4. The summed E-state index contributed by atoms with van der Waals surface area (Å²) in [6, 6.07) is 20.9. The minimum Gasteiger partial charge on any atom is -0.339 e. The Balaban J connectivity index is 1.68. The molecule has 4 rings (SSSR count). The van der Waals surface area contributed by atoms with Crippen LogP contribution in [0, 0.1) is 0 Å². The molecule has 2 fully saturated rings. The Hall–Kier alpha value is -1.68. The summed E-state index contributed by atoms with van der Waals surface area (Å²) in [4.78, 5) is 0. The van der Waals surface area contributed by atoms with Gasteiger partial charge >= 0.3 is 0 Å². The first-order valence-corrected chi connectivity index (χ1v) is 8.55. The molecule has 0 spiro atoms. The van der Waals surface area contributed by atoms with Crippen molar-refractivity contribution < 1.29 is 9.47 Å². The predicted molar refractivity (Wildman–Crippen MR) is 90.1 cm³/mol. The minimum atomic E-state index is -0.785. The molecule has 3 nitrogen and oxygen atoms in total. The number of hydrogen-bond acceptors (Lipinski definition) is 3. The molecule has 2 aromatic carbocycles. The predicted octanol–water partition coefficient (Wildman–Crippen LogP) is 3.45. The lowest BCUT2D eigenvalue weighted by molar-refractivity contribution is -0.146. The van der Waals surface area contributed by atoms with Crippen molar-refractivity contribution >= 4 is 0 Å². The van der Waals surface area contributed by atoms with Gasteiger partial charge in [0.1, 0.15) is 6.10 Å². The van der Waals surface area contributed by atoms with E-state index < -0.39 is 5.79 Å². The molecule has 2 aliphatic rings. The summed E-state index contributed by atoms with van der Waals surface area (Å²) in [6.07, 6.45) is 3.78. The Bertz CT molecular complexity index is 583. The van der Waals surface area contributed by atoms with E-state index in [-0.39, 0.29) is 6.10 Å². The summed E-state index contributed by atoms with van der Waals surface area (Å²) in [7, 11) is 0. The Kier molecular flexibility index (Phi) is 4.17. The monoisotopic (exact) mass is 309 g/mol. The van der Waals surface area contributed by atoms with Crippen LogP contribution in [-0.2, 0) is 15.3 Å². The summed E-state index contributed by atoms with van der Waals surface area (Å²) in [5.41, 5.74) is 2.12. The average Bonchev–Trinajstić information content (AvgIpc) is 3.11. The molecule has 3 heteroatoms. The van der Waals surface area contributed by atoms with Crippen molar-refractivity contribution in [2.45, 2.75) is 37.2 Å². The van der Waals surface area contributed by atoms with Crippen molar-refractivity contribution in [3.8, 4) is 0 Å². The summed E-state index contributed by atoms with van der Waals surface area (Å²) >= 11 is 0. The molecule has 0 radical (unpaired) electrons. The van der Waals surface area contributed by atoms with Gasteiger partial charge in [0.2, 0.25) is 5.79 Å². The number of hydrogen-bond donors (Lipinski definition) is 1. The molecule has 1 unspecified atom stereocenters. The minimum absolute atomic E-state index is 0.0933. The SMILES string of the molecule is c1ccc(C2(c3ccccc3)OCC([C@H]3CCCCN3)O2)cc1. The van der Waals surface area contributed by atoms with E-state index in [0.717, 1.165) is 24.1 Å². The van der Waals surface area contributed by atoms with Crippen LogP contribution in [0.2, 0.25) is 0 Å². The topological polar surface area (TPSA) is 30.5 Å². The molecule has 0 saturated carbocycles. The van der Waals surface area contributed by atoms with Crippen molar-refractivity contribution in [2.75, 3.05) is 13.2 Å². The highest BCUT2D eigenvalue weighted by molar-refractivity contribution is 5.34. The number of rotatable bonds is 3. The Labute approximate surface area is 137 Å². The van der Waals surface area contributed by atoms with Crippen LogP contribution < -0.4 is 5.32 Å². The summed E-state index contributed by atoms with van der Waals surface area (Å²) in [5, 5.41) is 3.60. The molecular formula is C20H23NO2. The third-order valence-electron chi connectivity index (χ3n) is 4.87. The summed E-state index contributed by atoms with van der Waals surface area (Å²) in [5.74, 6) is -0.785. The fourth-order valence-corrected chi connectivity index (χ4v) is 3.66. The van der Waals surface area contributed by atoms with Crippen molar-refractivity contribution in [2.24, 2.45) is 0 Å². The van der Waals surface area contributed by atoms with Gasteiger partial charge in [0, 0.05) is 17.2 Å². The molecule has 0 bridgehead atoms. The summed E-state index contributed by atoms with van der Waals surface area (Å²) in [6.45, 7) is 1.70. The Morgan fingerprint density at radius 3 is 2.09 bits per heavy atom. The van der Waals surface area contributed by atoms with Gasteiger partial charge in [-0.1, -0.05) is 67.1 Å². The maximum Gasteiger partial charge on any atom is 0.222 e. The lowest BCUT2D eigenvalue weighted by Gasteiger charge is -2.32. The standard InChI is InChI=1S/C20H23NO2/c1-3-9-16(10-4-1)20(17-11-5-2-6-12-17)22-15-19(23-20)18-13-7-8-14-21-18/h1-6,9-12,18-19,21H,7-8,13-15H2/t18-,19?/m1/s1. The average molecular weight is 309 g/mol. The number of piperidine rings is 1. The van der Waals surface area contributed by atoms with E-state index in [4.69, 9.17) is 9.47 Å². The second kappa shape index (κ2) is 6.44. The first-order valence-electron chi connectivity index (χ1n) is 8.55. The fourth-order valence-electron chi connectivity index (χ4n) is 3.66. The van der Waals surface area contributed by atoms with E-state index >= 15 is 0 Å². The first kappa shape index (κ1) is 14.9. The maximum absolute atomic E-state index is 6.58. The molecule has 0 amide bonds. The van der Waals surface area contributed by atoms with Crippen molar-refractivity contribution in [1.82, 2.24) is 5.32 Å². The third kappa shape index (κ3) is 2.80. The van der Waals surface area contributed by atoms with Gasteiger partial charge in [0.15, 0.2) is 0 Å². The highest BCUT2D eigenvalue weighted by Gasteiger charge is 2.47. The zero-order chi connectivity index (χ0) is 15.5. The van der Waals surface area contributed by atoms with Gasteiger partial charge in [-0.05, 0) is 19.4 Å². The van der Waals surface area contributed by atoms with Gasteiger partial charge in [0.25, 0.3) is 0 Å². The molecule has 0 aliphatic carbocycles. The van der Waals surface area contributed by atoms with Crippen LogP contribution in [0.3, 0.4) is 0 Å². The Morgan fingerprint density at radius 1 is 0.870 bits per heavy atom. The van der Waals surface area contributed by atoms with E-state index in [9.17, 15) is 0 Å². The van der Waals surface area contributed by atoms with Crippen LogP contribution in [0.4, 0.5) is 0 Å². The van der Waals surface area contributed by atoms with Crippen LogP contribution in [0.15, 0.2) is 60.7 Å². The van der Waals surface area contributed by atoms with Gasteiger partial charge in [0.05, 0.1) is 6.61 Å². The van der Waals surface area contributed by atoms with Gasteiger partial charge in [-0.25, -0.2) is 0 Å². The van der Waals surface area contributed by atoms with Crippen molar-refractivity contribution in [3.05, 3.63) is 71.8 Å². The van der Waals surface area contributed by atoms with Gasteiger partial charge < -0.3 is 14.8 Å². The number of ether oxygens (including phenoxy) is 2. The normalized spacial score (nSPS) is 27.0. The van der Waals surface area contributed by atoms with Crippen molar-refractivity contribution in [3.63, 3.8) is 0 Å². The molecule has 1 N–H and O–H groups in total. The van der Waals surface area contributed by atoms with Gasteiger partial charge in [-0.3, -0.25) is 0 Å². The molecule has 2 aromatic rings.